The lowest BCUT2D eigenvalue weighted by atomic mass is 9.44. The number of aliphatic hydroxyl groups is 2. The van der Waals surface area contributed by atoms with Gasteiger partial charge in [-0.1, -0.05) is 72.8 Å². The van der Waals surface area contributed by atoms with E-state index in [1.165, 1.54) is 12.0 Å². The van der Waals surface area contributed by atoms with Crippen LogP contribution < -0.4 is 22.9 Å². The Morgan fingerprint density at radius 2 is 1.63 bits per heavy atom. The number of rotatable bonds is 5. The van der Waals surface area contributed by atoms with E-state index < -0.39 is 28.0 Å². The minimum atomic E-state index is -1.59. The number of aliphatic hydroxyl groups excluding tert-OH is 1. The number of fused-ring (bicyclic) bond motifs is 11. The van der Waals surface area contributed by atoms with Crippen LogP contribution in [0.5, 0.6) is 0 Å². The number of hydrogen-bond acceptors (Lipinski definition) is 6. The third-order valence-corrected chi connectivity index (χ3v) is 20.6. The second-order valence-electron chi connectivity index (χ2n) is 22.9. The third-order valence-electron chi connectivity index (χ3n) is 20.6. The van der Waals surface area contributed by atoms with Crippen molar-refractivity contribution in [3.8, 4) is 0 Å². The molecule has 10 N–H and O–H groups in total. The smallest absolute Gasteiger partial charge is 0.146 e. The van der Waals surface area contributed by atoms with Crippen molar-refractivity contribution < 1.29 is 10.2 Å². The lowest BCUT2D eigenvalue weighted by molar-refractivity contribution is -0.118. The summed E-state index contributed by atoms with van der Waals surface area (Å²) in [5, 5.41) is 27.3. The largest absolute Gasteiger partial charge is 0.509 e. The molecule has 11 rings (SSSR count). The van der Waals surface area contributed by atoms with Crippen LogP contribution in [0, 0.1) is 91.2 Å². The maximum Gasteiger partial charge on any atom is 0.146 e. The molecule has 0 aromatic carbocycles. The molecule has 0 saturated heterocycles. The van der Waals surface area contributed by atoms with Crippen molar-refractivity contribution >= 4 is 0 Å². The minimum absolute atomic E-state index is 0.0118. The average Bonchev–Trinajstić information content (AvgIpc) is 3.78. The first-order chi connectivity index (χ1) is 24.1. The molecule has 0 aliphatic heterocycles. The van der Waals surface area contributed by atoms with Crippen molar-refractivity contribution in [1.29, 1.82) is 0 Å². The molecule has 6 nitrogen and oxygen atoms in total. The van der Waals surface area contributed by atoms with Gasteiger partial charge in [0.2, 0.25) is 0 Å². The summed E-state index contributed by atoms with van der Waals surface area (Å²) in [7, 11) is 0. The van der Waals surface area contributed by atoms with E-state index in [2.05, 4.69) is 86.6 Å². The summed E-state index contributed by atoms with van der Waals surface area (Å²) in [6.45, 7) is 21.6. The zero-order valence-corrected chi connectivity index (χ0v) is 33.7. The maximum absolute atomic E-state index is 14.4. The molecule has 0 spiro atoms. The fourth-order valence-electron chi connectivity index (χ4n) is 19.5. The number of allylic oxidation sites excluding steroid dienone is 4. The summed E-state index contributed by atoms with van der Waals surface area (Å²) in [6, 6.07) is -0.982. The van der Waals surface area contributed by atoms with Gasteiger partial charge in [0.25, 0.3) is 0 Å². The molecule has 5 fully saturated rings. The lowest BCUT2D eigenvalue weighted by Gasteiger charge is -2.62. The van der Waals surface area contributed by atoms with Crippen LogP contribution in [0.2, 0.25) is 0 Å². The standard InChI is InChI=1S/C46H70N4O2/c1-10-11-13-38(4,5)26-16-25-17-27(26)43(23(2)47)21-41(25,8)34-37(43)46(52)31(51)19-30(49)45(34,50)36-35(46)42(9)22-44(36,24(3)48)29-18-28(42)32-33(29)40(7)15-12-14-39(32,6)20-40/h11-13,15,19,23-30,32-34,37,51-52H,10,14,16-18,20-22,47-50H2,1-9H3/b13-11-. The van der Waals surface area contributed by atoms with Gasteiger partial charge in [-0.2, -0.15) is 0 Å². The van der Waals surface area contributed by atoms with Crippen LogP contribution in [-0.2, 0) is 0 Å². The molecule has 0 aromatic rings. The highest BCUT2D eigenvalue weighted by atomic mass is 16.3. The van der Waals surface area contributed by atoms with Gasteiger partial charge in [0.15, 0.2) is 0 Å². The molecule has 0 radical (unpaired) electrons. The van der Waals surface area contributed by atoms with Crippen molar-refractivity contribution in [2.75, 3.05) is 0 Å². The molecule has 286 valence electrons. The van der Waals surface area contributed by atoms with Gasteiger partial charge in [-0.05, 0) is 162 Å². The van der Waals surface area contributed by atoms with Gasteiger partial charge in [0.1, 0.15) is 11.4 Å². The zero-order valence-electron chi connectivity index (χ0n) is 33.7. The van der Waals surface area contributed by atoms with Crippen LogP contribution in [-0.4, -0.2) is 39.5 Å². The molecule has 11 aliphatic rings. The Hall–Kier alpha value is -1.44. The molecule has 12 bridgehead atoms. The highest BCUT2D eigenvalue weighted by Crippen LogP contribution is 2.89. The molecule has 6 heteroatoms. The highest BCUT2D eigenvalue weighted by molar-refractivity contribution is 5.63. The van der Waals surface area contributed by atoms with Crippen molar-refractivity contribution in [2.45, 2.75) is 143 Å². The average molecular weight is 711 g/mol. The van der Waals surface area contributed by atoms with E-state index in [4.69, 9.17) is 22.9 Å². The topological polar surface area (TPSA) is 145 Å². The van der Waals surface area contributed by atoms with E-state index >= 15 is 0 Å². The third kappa shape index (κ3) is 3.26. The van der Waals surface area contributed by atoms with Crippen LogP contribution >= 0.6 is 0 Å². The normalized spacial score (nSPS) is 61.2. The van der Waals surface area contributed by atoms with Gasteiger partial charge in [-0.25, -0.2) is 0 Å². The quantitative estimate of drug-likeness (QED) is 0.168. The van der Waals surface area contributed by atoms with Gasteiger partial charge >= 0.3 is 0 Å². The minimum Gasteiger partial charge on any atom is -0.509 e. The Labute approximate surface area is 313 Å². The van der Waals surface area contributed by atoms with Crippen molar-refractivity contribution in [2.24, 2.45) is 114 Å². The Kier molecular flexibility index (Phi) is 6.44. The van der Waals surface area contributed by atoms with Crippen LogP contribution in [0.15, 0.2) is 47.3 Å². The van der Waals surface area contributed by atoms with Gasteiger partial charge in [0.05, 0.1) is 5.54 Å². The van der Waals surface area contributed by atoms with E-state index in [1.54, 1.807) is 6.08 Å². The summed E-state index contributed by atoms with van der Waals surface area (Å²) in [4.78, 5) is 0. The van der Waals surface area contributed by atoms with Crippen LogP contribution in [0.1, 0.15) is 114 Å². The molecule has 20 atom stereocenters. The Balaban J connectivity index is 1.27. The van der Waals surface area contributed by atoms with Crippen molar-refractivity contribution in [3.63, 3.8) is 0 Å². The van der Waals surface area contributed by atoms with Gasteiger partial charge in [-0.3, -0.25) is 0 Å². The van der Waals surface area contributed by atoms with Gasteiger partial charge in [0, 0.05) is 29.5 Å². The molecular formula is C46H70N4O2. The van der Waals surface area contributed by atoms with Gasteiger partial charge in [-0.15, -0.1) is 0 Å². The molecule has 5 saturated carbocycles. The Morgan fingerprint density at radius 1 is 0.923 bits per heavy atom. The van der Waals surface area contributed by atoms with E-state index in [-0.39, 0.29) is 56.8 Å². The van der Waals surface area contributed by atoms with E-state index in [9.17, 15) is 10.2 Å². The Bertz CT molecular complexity index is 1780. The van der Waals surface area contributed by atoms with E-state index in [1.807, 2.05) is 0 Å². The molecule has 20 unspecified atom stereocenters. The lowest BCUT2D eigenvalue weighted by Crippen LogP contribution is -2.73. The van der Waals surface area contributed by atoms with Crippen molar-refractivity contribution in [3.05, 3.63) is 47.3 Å². The first-order valence-electron chi connectivity index (χ1n) is 21.4. The molecule has 0 aromatic heterocycles. The summed E-state index contributed by atoms with van der Waals surface area (Å²) in [5.74, 6) is 2.57. The zero-order chi connectivity index (χ0) is 37.4. The van der Waals surface area contributed by atoms with Crippen molar-refractivity contribution in [1.82, 2.24) is 0 Å². The molecular weight excluding hydrogens is 641 g/mol. The molecule has 0 heterocycles. The number of nitrogens with two attached hydrogens (primary N) is 4. The first-order valence-corrected chi connectivity index (χ1v) is 21.4. The summed E-state index contributed by atoms with van der Waals surface area (Å²) < 4.78 is 0. The molecule has 0 amide bonds. The summed E-state index contributed by atoms with van der Waals surface area (Å²) in [6.07, 6.45) is 20.2. The predicted molar refractivity (Wildman–Crippen MR) is 208 cm³/mol. The number of hydrogen-bond donors (Lipinski definition) is 6. The summed E-state index contributed by atoms with van der Waals surface area (Å²) >= 11 is 0. The fourth-order valence-corrected chi connectivity index (χ4v) is 19.5. The fraction of sp³-hybridized carbons (Fsp3) is 0.826. The molecule has 11 aliphatic carbocycles. The monoisotopic (exact) mass is 711 g/mol. The first kappa shape index (κ1) is 35.0. The SMILES string of the molecule is CC/C=C\C(C)(C)C1CC2CC1C1(C(C)N)CC2(C)C2C1C1(O)C(O)=CC(N)C2(N)C2=C1C1(C)CC2(C(C)N)C2CC1C1C2C2(C)C=CCC1(C)C2. The predicted octanol–water partition coefficient (Wildman–Crippen LogP) is 7.13. The second kappa shape index (κ2) is 9.56. The summed E-state index contributed by atoms with van der Waals surface area (Å²) in [5.41, 5.74) is 29.6. The van der Waals surface area contributed by atoms with Crippen LogP contribution in [0.3, 0.4) is 0 Å². The van der Waals surface area contributed by atoms with Crippen LogP contribution in [0.4, 0.5) is 0 Å². The van der Waals surface area contributed by atoms with E-state index in [0.29, 0.717) is 41.4 Å². The highest BCUT2D eigenvalue weighted by Gasteiger charge is 2.88. The van der Waals surface area contributed by atoms with Crippen LogP contribution in [0.25, 0.3) is 0 Å². The molecule has 52 heavy (non-hydrogen) atoms. The maximum atomic E-state index is 14.4. The second-order valence-corrected chi connectivity index (χ2v) is 22.9. The van der Waals surface area contributed by atoms with Gasteiger partial charge < -0.3 is 33.1 Å². The Morgan fingerprint density at radius 3 is 2.29 bits per heavy atom. The van der Waals surface area contributed by atoms with E-state index in [0.717, 1.165) is 50.5 Å².